The first-order valence-electron chi connectivity index (χ1n) is 12.9. The van der Waals surface area contributed by atoms with Crippen molar-refractivity contribution in [1.82, 2.24) is 20.9 Å². The highest BCUT2D eigenvalue weighted by Crippen LogP contribution is 2.65. The minimum absolute atomic E-state index is 0.0707. The van der Waals surface area contributed by atoms with Crippen LogP contribution >= 0.6 is 0 Å². The van der Waals surface area contributed by atoms with Crippen molar-refractivity contribution in [2.75, 3.05) is 13.7 Å². The number of amides is 4. The number of halogens is 3. The van der Waals surface area contributed by atoms with Gasteiger partial charge in [0.15, 0.2) is 0 Å². The lowest BCUT2D eigenvalue weighted by Crippen LogP contribution is -2.60. The Morgan fingerprint density at radius 1 is 1.26 bits per heavy atom. The summed E-state index contributed by atoms with van der Waals surface area (Å²) in [5.41, 5.74) is -0.500. The van der Waals surface area contributed by atoms with Crippen LogP contribution < -0.4 is 16.0 Å². The van der Waals surface area contributed by atoms with Crippen molar-refractivity contribution >= 4 is 23.6 Å². The number of nitrogens with zero attached hydrogens (tertiary/aromatic N) is 2. The first-order chi connectivity index (χ1) is 17.6. The lowest BCUT2D eigenvalue weighted by molar-refractivity contribution is -0.176. The van der Waals surface area contributed by atoms with Crippen LogP contribution in [0.1, 0.15) is 52.9 Å². The zero-order valence-electron chi connectivity index (χ0n) is 21.9. The zero-order chi connectivity index (χ0) is 28.2. The van der Waals surface area contributed by atoms with E-state index in [4.69, 9.17) is 4.74 Å². The van der Waals surface area contributed by atoms with Crippen LogP contribution in [0.15, 0.2) is 0 Å². The van der Waals surface area contributed by atoms with Crippen molar-refractivity contribution in [2.45, 2.75) is 88.8 Å². The second-order valence-corrected chi connectivity index (χ2v) is 11.7. The number of ether oxygens (including phenoxy) is 1. The fraction of sp³-hybridized carbons (Fsp3) is 0.800. The summed E-state index contributed by atoms with van der Waals surface area (Å²) in [5, 5.41) is 17.1. The SMILES string of the molecule is COC(C)C(NC(=O)C(F)(F)F)C(=O)N1CC2C(C1C(=O)NC(C#N)CC1CC3(CCC3)NC1=O)C2(C)C. The van der Waals surface area contributed by atoms with E-state index in [1.54, 1.807) is 5.32 Å². The summed E-state index contributed by atoms with van der Waals surface area (Å²) >= 11 is 0. The molecule has 2 aliphatic carbocycles. The highest BCUT2D eigenvalue weighted by molar-refractivity contribution is 5.95. The van der Waals surface area contributed by atoms with Crippen LogP contribution in [0.25, 0.3) is 0 Å². The zero-order valence-corrected chi connectivity index (χ0v) is 21.9. The maximum atomic E-state index is 13.5. The molecule has 2 heterocycles. The minimum atomic E-state index is -5.21. The lowest BCUT2D eigenvalue weighted by Gasteiger charge is -2.38. The molecule has 4 fully saturated rings. The molecule has 13 heteroatoms. The van der Waals surface area contributed by atoms with Crippen molar-refractivity contribution in [1.29, 1.82) is 5.26 Å². The molecule has 7 atom stereocenters. The van der Waals surface area contributed by atoms with Gasteiger partial charge in [0.25, 0.3) is 0 Å². The van der Waals surface area contributed by atoms with Crippen molar-refractivity contribution in [2.24, 2.45) is 23.2 Å². The monoisotopic (exact) mass is 541 g/mol. The number of nitrogens with one attached hydrogen (secondary N) is 3. The van der Waals surface area contributed by atoms with E-state index >= 15 is 0 Å². The second-order valence-electron chi connectivity index (χ2n) is 11.7. The van der Waals surface area contributed by atoms with Gasteiger partial charge in [-0.1, -0.05) is 13.8 Å². The van der Waals surface area contributed by atoms with Crippen molar-refractivity contribution in [3.63, 3.8) is 0 Å². The predicted molar refractivity (Wildman–Crippen MR) is 126 cm³/mol. The lowest BCUT2D eigenvalue weighted by atomic mass is 9.74. The smallest absolute Gasteiger partial charge is 0.379 e. The molecule has 4 rings (SSSR count). The average molecular weight is 542 g/mol. The van der Waals surface area contributed by atoms with Crippen LogP contribution in [0, 0.1) is 34.5 Å². The number of likely N-dealkylation sites (tertiary alicyclic amines) is 1. The molecule has 2 saturated carbocycles. The van der Waals surface area contributed by atoms with Crippen molar-refractivity contribution < 1.29 is 37.1 Å². The fourth-order valence-corrected chi connectivity index (χ4v) is 6.52. The number of methoxy groups -OCH3 is 1. The molecule has 10 nitrogen and oxygen atoms in total. The second kappa shape index (κ2) is 9.70. The Balaban J connectivity index is 1.49. The largest absolute Gasteiger partial charge is 0.471 e. The molecule has 2 saturated heterocycles. The van der Waals surface area contributed by atoms with Gasteiger partial charge in [0.1, 0.15) is 18.1 Å². The Kier molecular flexibility index (Phi) is 7.18. The molecule has 0 bridgehead atoms. The van der Waals surface area contributed by atoms with Crippen LogP contribution in [0.2, 0.25) is 0 Å². The minimum Gasteiger partial charge on any atom is -0.379 e. The molecular formula is C25H34F3N5O5. The van der Waals surface area contributed by atoms with E-state index in [1.165, 1.54) is 18.9 Å². The van der Waals surface area contributed by atoms with Crippen molar-refractivity contribution in [3.05, 3.63) is 0 Å². The number of nitriles is 1. The van der Waals surface area contributed by atoms with E-state index < -0.39 is 54.0 Å². The number of rotatable bonds is 8. The first kappa shape index (κ1) is 28.1. The van der Waals surface area contributed by atoms with Crippen LogP contribution in [0.5, 0.6) is 0 Å². The van der Waals surface area contributed by atoms with E-state index in [0.717, 1.165) is 19.3 Å². The Hall–Kier alpha value is -2.88. The van der Waals surface area contributed by atoms with Gasteiger partial charge in [0.05, 0.1) is 12.2 Å². The van der Waals surface area contributed by atoms with Crippen LogP contribution in [0.3, 0.4) is 0 Å². The Morgan fingerprint density at radius 3 is 2.42 bits per heavy atom. The van der Waals surface area contributed by atoms with Crippen LogP contribution in [-0.4, -0.2) is 78.1 Å². The van der Waals surface area contributed by atoms with Gasteiger partial charge in [-0.25, -0.2) is 0 Å². The van der Waals surface area contributed by atoms with Gasteiger partial charge >= 0.3 is 12.1 Å². The standard InChI is InChI=1S/C25H34F3N5O5/c1-12(38-4)17(31-22(37)25(26,27)28)21(36)33-11-15-16(23(15,2)3)18(33)20(35)30-14(10-29)8-13-9-24(6-5-7-24)32-19(13)34/h12-18H,5-9,11H2,1-4H3,(H,30,35)(H,31,37)(H,32,34). The molecule has 0 aromatic heterocycles. The number of carbonyl (C=O) groups excluding carboxylic acids is 4. The van der Waals surface area contributed by atoms with Gasteiger partial charge in [-0.3, -0.25) is 19.2 Å². The molecule has 0 aromatic carbocycles. The van der Waals surface area contributed by atoms with E-state index in [0.29, 0.717) is 6.42 Å². The Bertz CT molecular complexity index is 1050. The normalized spacial score (nSPS) is 30.8. The third kappa shape index (κ3) is 4.95. The quantitative estimate of drug-likeness (QED) is 0.419. The molecule has 0 radical (unpaired) electrons. The molecule has 7 unspecified atom stereocenters. The number of hydrogen-bond donors (Lipinski definition) is 3. The van der Waals surface area contributed by atoms with E-state index in [9.17, 15) is 37.6 Å². The first-order valence-corrected chi connectivity index (χ1v) is 12.9. The topological polar surface area (TPSA) is 141 Å². The van der Waals surface area contributed by atoms with Crippen molar-refractivity contribution in [3.8, 4) is 6.07 Å². The molecule has 2 aliphatic heterocycles. The van der Waals surface area contributed by atoms with E-state index in [2.05, 4.69) is 10.6 Å². The molecule has 4 amide bonds. The number of piperidine rings is 1. The summed E-state index contributed by atoms with van der Waals surface area (Å²) in [6.45, 7) is 5.35. The van der Waals surface area contributed by atoms with Gasteiger partial charge in [0.2, 0.25) is 17.7 Å². The number of fused-ring (bicyclic) bond motifs is 1. The van der Waals surface area contributed by atoms with Gasteiger partial charge in [-0.05, 0) is 56.3 Å². The van der Waals surface area contributed by atoms with Gasteiger partial charge in [0, 0.05) is 25.1 Å². The molecular weight excluding hydrogens is 507 g/mol. The molecule has 3 N–H and O–H groups in total. The highest BCUT2D eigenvalue weighted by atomic mass is 19.4. The molecule has 210 valence electrons. The fourth-order valence-electron chi connectivity index (χ4n) is 6.52. The third-order valence-corrected chi connectivity index (χ3v) is 9.11. The third-order valence-electron chi connectivity index (χ3n) is 9.11. The summed E-state index contributed by atoms with van der Waals surface area (Å²) in [6, 6.07) is -1.65. The summed E-state index contributed by atoms with van der Waals surface area (Å²) in [4.78, 5) is 52.3. The van der Waals surface area contributed by atoms with Gasteiger partial charge < -0.3 is 25.6 Å². The van der Waals surface area contributed by atoms with Gasteiger partial charge in [-0.15, -0.1) is 0 Å². The molecule has 38 heavy (non-hydrogen) atoms. The van der Waals surface area contributed by atoms with Crippen LogP contribution in [0.4, 0.5) is 13.2 Å². The van der Waals surface area contributed by atoms with E-state index in [1.807, 2.05) is 19.9 Å². The summed E-state index contributed by atoms with van der Waals surface area (Å²) in [5.74, 6) is -4.65. The number of alkyl halides is 3. The number of carbonyl (C=O) groups is 4. The average Bonchev–Trinajstić information content (AvgIpc) is 3.15. The highest BCUT2D eigenvalue weighted by Gasteiger charge is 2.69. The maximum absolute atomic E-state index is 13.5. The Morgan fingerprint density at radius 2 is 1.92 bits per heavy atom. The van der Waals surface area contributed by atoms with E-state index in [-0.39, 0.29) is 41.7 Å². The molecule has 1 spiro atoms. The summed E-state index contributed by atoms with van der Waals surface area (Å²) < 4.78 is 43.9. The molecule has 4 aliphatic rings. The maximum Gasteiger partial charge on any atom is 0.471 e. The molecule has 0 aromatic rings. The van der Waals surface area contributed by atoms with Crippen LogP contribution in [-0.2, 0) is 23.9 Å². The summed E-state index contributed by atoms with van der Waals surface area (Å²) in [6.07, 6.45) is -2.78. The predicted octanol–water partition coefficient (Wildman–Crippen LogP) is 1.01. The van der Waals surface area contributed by atoms with Gasteiger partial charge in [-0.2, -0.15) is 18.4 Å². The number of hydrogen-bond acceptors (Lipinski definition) is 6. The Labute approximate surface area is 219 Å². The summed E-state index contributed by atoms with van der Waals surface area (Å²) in [7, 11) is 1.20.